The average Bonchev–Trinajstić information content (AvgIpc) is 2.47. The molecule has 20 heavy (non-hydrogen) atoms. The van der Waals surface area contributed by atoms with Gasteiger partial charge in [-0.2, -0.15) is 0 Å². The zero-order chi connectivity index (χ0) is 15.2. The molecular formula is C14H31NO4Si. The normalized spacial score (nSPS) is 29.9. The first-order chi connectivity index (χ1) is 9.57. The van der Waals surface area contributed by atoms with E-state index in [1.165, 1.54) is 0 Å². The van der Waals surface area contributed by atoms with Crippen LogP contribution >= 0.6 is 0 Å². The zero-order valence-corrected chi connectivity index (χ0v) is 14.9. The highest BCUT2D eigenvalue weighted by atomic mass is 28.4. The molecule has 0 saturated carbocycles. The summed E-state index contributed by atoms with van der Waals surface area (Å²) in [5.74, 6) is 0. The molecule has 2 unspecified atom stereocenters. The molecule has 1 fully saturated rings. The van der Waals surface area contributed by atoms with Gasteiger partial charge in [-0.1, -0.05) is 13.3 Å². The zero-order valence-electron chi connectivity index (χ0n) is 13.9. The first kappa shape index (κ1) is 18.1. The van der Waals surface area contributed by atoms with E-state index in [0.717, 1.165) is 31.7 Å². The van der Waals surface area contributed by atoms with Crippen molar-refractivity contribution < 1.29 is 18.3 Å². The van der Waals surface area contributed by atoms with Gasteiger partial charge < -0.3 is 18.3 Å². The monoisotopic (exact) mass is 305 g/mol. The molecule has 0 radical (unpaired) electrons. The molecule has 0 spiro atoms. The molecule has 0 bridgehead atoms. The van der Waals surface area contributed by atoms with Gasteiger partial charge in [0.1, 0.15) is 5.22 Å². The second-order valence-corrected chi connectivity index (χ2v) is 9.26. The SMILES string of the molecule is CCCC1(OC)C(N(C)COC)CCC[Si]1(OC)OC. The van der Waals surface area contributed by atoms with E-state index in [2.05, 4.69) is 18.9 Å². The summed E-state index contributed by atoms with van der Waals surface area (Å²) in [5, 5.41) is -0.337. The van der Waals surface area contributed by atoms with Crippen molar-refractivity contribution >= 4 is 8.56 Å². The Morgan fingerprint density at radius 3 is 2.30 bits per heavy atom. The molecule has 6 heteroatoms. The lowest BCUT2D eigenvalue weighted by Crippen LogP contribution is -2.73. The predicted octanol–water partition coefficient (Wildman–Crippen LogP) is 2.14. The molecule has 1 aliphatic heterocycles. The molecule has 1 saturated heterocycles. The van der Waals surface area contributed by atoms with E-state index in [1.807, 2.05) is 0 Å². The Hall–Kier alpha value is 0.0169. The Kier molecular flexibility index (Phi) is 7.10. The average molecular weight is 305 g/mol. The molecule has 1 aliphatic rings. The van der Waals surface area contributed by atoms with Crippen molar-refractivity contribution in [2.24, 2.45) is 0 Å². The van der Waals surface area contributed by atoms with Gasteiger partial charge in [0.15, 0.2) is 0 Å². The van der Waals surface area contributed by atoms with Crippen molar-refractivity contribution in [1.82, 2.24) is 4.90 Å². The van der Waals surface area contributed by atoms with Crippen LogP contribution in [0.4, 0.5) is 0 Å². The minimum Gasteiger partial charge on any atom is -0.396 e. The summed E-state index contributed by atoms with van der Waals surface area (Å²) in [7, 11) is 6.76. The van der Waals surface area contributed by atoms with E-state index in [4.69, 9.17) is 18.3 Å². The number of rotatable bonds is 8. The molecule has 0 aromatic heterocycles. The predicted molar refractivity (Wildman–Crippen MR) is 81.9 cm³/mol. The smallest absolute Gasteiger partial charge is 0.372 e. The van der Waals surface area contributed by atoms with Crippen molar-refractivity contribution in [2.75, 3.05) is 42.2 Å². The maximum Gasteiger partial charge on any atom is 0.372 e. The van der Waals surface area contributed by atoms with Crippen LogP contribution in [0.5, 0.6) is 0 Å². The molecule has 0 amide bonds. The highest BCUT2D eigenvalue weighted by Crippen LogP contribution is 2.44. The topological polar surface area (TPSA) is 40.2 Å². The Morgan fingerprint density at radius 1 is 1.20 bits per heavy atom. The Bertz CT molecular complexity index is 288. The van der Waals surface area contributed by atoms with Crippen molar-refractivity contribution in [3.8, 4) is 0 Å². The number of ether oxygens (including phenoxy) is 2. The molecule has 5 nitrogen and oxygen atoms in total. The summed E-state index contributed by atoms with van der Waals surface area (Å²) in [6, 6.07) is 1.26. The highest BCUT2D eigenvalue weighted by molar-refractivity contribution is 6.71. The van der Waals surface area contributed by atoms with Gasteiger partial charge in [-0.15, -0.1) is 0 Å². The van der Waals surface area contributed by atoms with E-state index < -0.39 is 8.56 Å². The summed E-state index contributed by atoms with van der Waals surface area (Å²) in [6.45, 7) is 2.78. The third-order valence-electron chi connectivity index (χ3n) is 4.68. The van der Waals surface area contributed by atoms with Crippen LogP contribution in [0.2, 0.25) is 6.04 Å². The number of hydrogen-bond donors (Lipinski definition) is 0. The van der Waals surface area contributed by atoms with E-state index in [0.29, 0.717) is 6.73 Å². The lowest BCUT2D eigenvalue weighted by atomic mass is 9.98. The van der Waals surface area contributed by atoms with Crippen molar-refractivity contribution in [1.29, 1.82) is 0 Å². The van der Waals surface area contributed by atoms with Crippen LogP contribution < -0.4 is 0 Å². The lowest BCUT2D eigenvalue weighted by Gasteiger charge is -2.54. The van der Waals surface area contributed by atoms with E-state index in [9.17, 15) is 0 Å². The van der Waals surface area contributed by atoms with E-state index in [-0.39, 0.29) is 11.3 Å². The molecule has 0 aromatic rings. The summed E-state index contributed by atoms with van der Waals surface area (Å²) in [5.41, 5.74) is 0. The fourth-order valence-electron chi connectivity index (χ4n) is 3.85. The Labute approximate surface area is 124 Å². The third kappa shape index (κ3) is 2.96. The van der Waals surface area contributed by atoms with Gasteiger partial charge in [-0.05, 0) is 32.4 Å². The van der Waals surface area contributed by atoms with Gasteiger partial charge in [0.05, 0.1) is 6.73 Å². The minimum atomic E-state index is -2.41. The van der Waals surface area contributed by atoms with Crippen molar-refractivity contribution in [3.05, 3.63) is 0 Å². The molecule has 2 atom stereocenters. The van der Waals surface area contributed by atoms with Crippen LogP contribution in [0.1, 0.15) is 32.6 Å². The summed E-state index contributed by atoms with van der Waals surface area (Å²) in [6.07, 6.45) is 4.21. The Morgan fingerprint density at radius 2 is 1.85 bits per heavy atom. The van der Waals surface area contributed by atoms with Gasteiger partial charge in [0.2, 0.25) is 0 Å². The summed E-state index contributed by atoms with van der Waals surface area (Å²) >= 11 is 0. The van der Waals surface area contributed by atoms with Gasteiger partial charge in [0, 0.05) is 34.5 Å². The largest absolute Gasteiger partial charge is 0.396 e. The number of nitrogens with zero attached hydrogens (tertiary/aromatic N) is 1. The van der Waals surface area contributed by atoms with Crippen molar-refractivity contribution in [2.45, 2.75) is 49.9 Å². The second-order valence-electron chi connectivity index (χ2n) is 5.59. The highest BCUT2D eigenvalue weighted by Gasteiger charge is 2.63. The fourth-order valence-corrected chi connectivity index (χ4v) is 8.02. The quantitative estimate of drug-likeness (QED) is 0.507. The number of likely N-dealkylation sites (N-methyl/N-ethyl adjacent to an activating group) is 1. The Balaban J connectivity index is 3.20. The van der Waals surface area contributed by atoms with Crippen LogP contribution in [0.15, 0.2) is 0 Å². The van der Waals surface area contributed by atoms with Gasteiger partial charge in [0.25, 0.3) is 0 Å². The van der Waals surface area contributed by atoms with Gasteiger partial charge >= 0.3 is 8.56 Å². The van der Waals surface area contributed by atoms with Gasteiger partial charge in [-0.3, -0.25) is 4.90 Å². The molecule has 1 rings (SSSR count). The van der Waals surface area contributed by atoms with Crippen LogP contribution in [0.3, 0.4) is 0 Å². The van der Waals surface area contributed by atoms with Crippen LogP contribution in [-0.2, 0) is 18.3 Å². The maximum absolute atomic E-state index is 6.11. The molecular weight excluding hydrogens is 274 g/mol. The van der Waals surface area contributed by atoms with Crippen LogP contribution in [-0.4, -0.2) is 66.9 Å². The first-order valence-electron chi connectivity index (χ1n) is 7.42. The lowest BCUT2D eigenvalue weighted by molar-refractivity contribution is -0.0880. The molecule has 120 valence electrons. The third-order valence-corrected chi connectivity index (χ3v) is 9.08. The molecule has 0 aliphatic carbocycles. The maximum atomic E-state index is 6.11. The number of methoxy groups -OCH3 is 2. The van der Waals surface area contributed by atoms with E-state index in [1.54, 1.807) is 28.4 Å². The summed E-state index contributed by atoms with van der Waals surface area (Å²) in [4.78, 5) is 2.23. The molecule has 0 N–H and O–H groups in total. The first-order valence-corrected chi connectivity index (χ1v) is 9.44. The van der Waals surface area contributed by atoms with E-state index >= 15 is 0 Å². The second kappa shape index (κ2) is 7.86. The number of hydrogen-bond acceptors (Lipinski definition) is 5. The minimum absolute atomic E-state index is 0.271. The summed E-state index contributed by atoms with van der Waals surface area (Å²) < 4.78 is 23.4. The van der Waals surface area contributed by atoms with Crippen LogP contribution in [0, 0.1) is 0 Å². The van der Waals surface area contributed by atoms with Crippen LogP contribution in [0.25, 0.3) is 0 Å². The standard InChI is InChI=1S/C14H31NO4Si/c1-7-10-14(17-4)13(15(2)12-16-3)9-8-11-20(14,18-5)19-6/h13H,7-12H2,1-6H3. The van der Waals surface area contributed by atoms with Gasteiger partial charge in [-0.25, -0.2) is 0 Å². The molecule has 1 heterocycles. The van der Waals surface area contributed by atoms with Crippen molar-refractivity contribution in [3.63, 3.8) is 0 Å². The fraction of sp³-hybridized carbons (Fsp3) is 1.00. The molecule has 0 aromatic carbocycles.